The molecule has 0 aliphatic carbocycles. The Morgan fingerprint density at radius 2 is 1.94 bits per heavy atom. The standard InChI is InChI=1S/C23H35N5OS.HI/c1-5-25-23(26-13-11-18-9-8-10-19(15-18)22(29)24-4)27-16-21(28(6-2)7-3)20-12-14-30-17-20;/h8-10,12,14-15,17,21H,5-7,11,13,16H2,1-4H3,(H,24,29)(H2,25,26,27);1H. The molecule has 0 fully saturated rings. The van der Waals surface area contributed by atoms with Crippen LogP contribution in [-0.2, 0) is 6.42 Å². The van der Waals surface area contributed by atoms with Crippen molar-refractivity contribution in [1.29, 1.82) is 0 Å². The zero-order chi connectivity index (χ0) is 21.8. The summed E-state index contributed by atoms with van der Waals surface area (Å²) in [5.74, 6) is 0.767. The first-order valence-electron chi connectivity index (χ1n) is 10.7. The lowest BCUT2D eigenvalue weighted by atomic mass is 10.1. The van der Waals surface area contributed by atoms with E-state index in [4.69, 9.17) is 4.99 Å². The van der Waals surface area contributed by atoms with Gasteiger partial charge in [-0.25, -0.2) is 0 Å². The molecule has 0 saturated carbocycles. The van der Waals surface area contributed by atoms with Gasteiger partial charge in [-0.1, -0.05) is 26.0 Å². The molecule has 1 unspecified atom stereocenters. The van der Waals surface area contributed by atoms with Crippen LogP contribution >= 0.6 is 35.3 Å². The largest absolute Gasteiger partial charge is 0.357 e. The highest BCUT2D eigenvalue weighted by Crippen LogP contribution is 2.23. The van der Waals surface area contributed by atoms with Gasteiger partial charge in [-0.05, 0) is 66.5 Å². The number of hydrogen-bond acceptors (Lipinski definition) is 4. The summed E-state index contributed by atoms with van der Waals surface area (Å²) in [7, 11) is 1.65. The fourth-order valence-electron chi connectivity index (χ4n) is 3.42. The minimum absolute atomic E-state index is 0. The highest BCUT2D eigenvalue weighted by molar-refractivity contribution is 14.0. The molecule has 0 aliphatic rings. The number of hydrogen-bond donors (Lipinski definition) is 3. The topological polar surface area (TPSA) is 68.8 Å². The molecule has 0 spiro atoms. The van der Waals surface area contributed by atoms with Crippen molar-refractivity contribution in [2.45, 2.75) is 33.2 Å². The molecule has 2 aromatic rings. The molecule has 0 radical (unpaired) electrons. The van der Waals surface area contributed by atoms with Crippen LogP contribution in [0, 0.1) is 0 Å². The first-order chi connectivity index (χ1) is 14.6. The van der Waals surface area contributed by atoms with Crippen LogP contribution in [0.25, 0.3) is 0 Å². The summed E-state index contributed by atoms with van der Waals surface area (Å²) >= 11 is 1.73. The van der Waals surface area contributed by atoms with E-state index in [1.807, 2.05) is 24.3 Å². The van der Waals surface area contributed by atoms with Gasteiger partial charge in [-0.2, -0.15) is 11.3 Å². The third-order valence-corrected chi connectivity index (χ3v) is 5.77. The minimum atomic E-state index is -0.0596. The summed E-state index contributed by atoms with van der Waals surface area (Å²) in [6.07, 6.45) is 0.819. The Balaban J connectivity index is 0.00000480. The van der Waals surface area contributed by atoms with E-state index >= 15 is 0 Å². The molecule has 8 heteroatoms. The van der Waals surface area contributed by atoms with Gasteiger partial charge < -0.3 is 16.0 Å². The minimum Gasteiger partial charge on any atom is -0.357 e. The number of amides is 1. The van der Waals surface area contributed by atoms with Crippen LogP contribution in [0.3, 0.4) is 0 Å². The smallest absolute Gasteiger partial charge is 0.251 e. The van der Waals surface area contributed by atoms with Gasteiger partial charge in [-0.3, -0.25) is 14.7 Å². The molecule has 6 nitrogen and oxygen atoms in total. The van der Waals surface area contributed by atoms with E-state index in [1.165, 1.54) is 5.56 Å². The first-order valence-corrected chi connectivity index (χ1v) is 11.7. The molecule has 0 aliphatic heterocycles. The van der Waals surface area contributed by atoms with Crippen LogP contribution < -0.4 is 16.0 Å². The van der Waals surface area contributed by atoms with Gasteiger partial charge in [-0.15, -0.1) is 24.0 Å². The van der Waals surface area contributed by atoms with E-state index in [9.17, 15) is 4.79 Å². The SMILES string of the molecule is CCNC(=NCC(c1ccsc1)N(CC)CC)NCCc1cccc(C(=O)NC)c1.I. The maximum atomic E-state index is 11.8. The van der Waals surface area contributed by atoms with E-state index in [1.54, 1.807) is 18.4 Å². The van der Waals surface area contributed by atoms with E-state index in [0.717, 1.165) is 44.1 Å². The van der Waals surface area contributed by atoms with E-state index in [-0.39, 0.29) is 35.9 Å². The van der Waals surface area contributed by atoms with Gasteiger partial charge >= 0.3 is 0 Å². The molecule has 2 rings (SSSR count). The van der Waals surface area contributed by atoms with Crippen molar-refractivity contribution in [2.24, 2.45) is 4.99 Å². The number of halogens is 1. The second-order valence-electron chi connectivity index (χ2n) is 6.97. The molecule has 3 N–H and O–H groups in total. The number of guanidine groups is 1. The van der Waals surface area contributed by atoms with Gasteiger partial charge in [0.05, 0.1) is 12.6 Å². The lowest BCUT2D eigenvalue weighted by Crippen LogP contribution is -2.39. The molecule has 1 aromatic carbocycles. The maximum absolute atomic E-state index is 11.8. The van der Waals surface area contributed by atoms with Crippen LogP contribution in [-0.4, -0.2) is 56.5 Å². The van der Waals surface area contributed by atoms with E-state index < -0.39 is 0 Å². The lowest BCUT2D eigenvalue weighted by Gasteiger charge is -2.28. The van der Waals surface area contributed by atoms with E-state index in [2.05, 4.69) is 58.4 Å². The summed E-state index contributed by atoms with van der Waals surface area (Å²) in [6.45, 7) is 10.7. The van der Waals surface area contributed by atoms with Gasteiger partial charge in [0.25, 0.3) is 5.91 Å². The number of benzene rings is 1. The second kappa shape index (κ2) is 15.2. The number of carbonyl (C=O) groups excluding carboxylic acids is 1. The number of likely N-dealkylation sites (N-methyl/N-ethyl adjacent to an activating group) is 1. The predicted octanol–water partition coefficient (Wildman–Crippen LogP) is 3.91. The molecule has 0 saturated heterocycles. The molecule has 1 aromatic heterocycles. The molecule has 1 heterocycles. The fourth-order valence-corrected chi connectivity index (χ4v) is 4.12. The lowest BCUT2D eigenvalue weighted by molar-refractivity contribution is 0.0963. The normalized spacial score (nSPS) is 12.2. The average Bonchev–Trinajstić information content (AvgIpc) is 3.30. The van der Waals surface area contributed by atoms with Crippen molar-refractivity contribution < 1.29 is 4.79 Å². The second-order valence-corrected chi connectivity index (χ2v) is 7.75. The summed E-state index contributed by atoms with van der Waals surface area (Å²) in [6, 6.07) is 10.2. The molecule has 172 valence electrons. The van der Waals surface area contributed by atoms with Crippen LogP contribution in [0.15, 0.2) is 46.1 Å². The summed E-state index contributed by atoms with van der Waals surface area (Å²) in [5.41, 5.74) is 3.14. The molecule has 1 amide bonds. The third kappa shape index (κ3) is 8.78. The monoisotopic (exact) mass is 557 g/mol. The Hall–Kier alpha value is -1.65. The van der Waals surface area contributed by atoms with Crippen molar-refractivity contribution >= 4 is 47.2 Å². The molecular formula is C23H36IN5OS. The average molecular weight is 558 g/mol. The van der Waals surface area contributed by atoms with Gasteiger partial charge in [0.2, 0.25) is 0 Å². The number of nitrogens with zero attached hydrogens (tertiary/aromatic N) is 2. The summed E-state index contributed by atoms with van der Waals surface area (Å²) in [4.78, 5) is 19.1. The first kappa shape index (κ1) is 27.4. The number of aliphatic imine (C=N–C) groups is 1. The van der Waals surface area contributed by atoms with Crippen molar-refractivity contribution in [3.63, 3.8) is 0 Å². The van der Waals surface area contributed by atoms with Crippen LogP contribution in [0.2, 0.25) is 0 Å². The highest BCUT2D eigenvalue weighted by Gasteiger charge is 2.18. The molecular weight excluding hydrogens is 521 g/mol. The summed E-state index contributed by atoms with van der Waals surface area (Å²) in [5, 5.41) is 13.8. The van der Waals surface area contributed by atoms with Crippen LogP contribution in [0.4, 0.5) is 0 Å². The van der Waals surface area contributed by atoms with Crippen molar-refractivity contribution in [3.8, 4) is 0 Å². The third-order valence-electron chi connectivity index (χ3n) is 5.07. The van der Waals surface area contributed by atoms with Crippen LogP contribution in [0.1, 0.15) is 48.3 Å². The Kier molecular flexibility index (Phi) is 13.4. The molecule has 0 bridgehead atoms. The van der Waals surface area contributed by atoms with Gasteiger partial charge in [0, 0.05) is 25.7 Å². The predicted molar refractivity (Wildman–Crippen MR) is 143 cm³/mol. The number of thiophene rings is 1. The van der Waals surface area contributed by atoms with Crippen molar-refractivity contribution in [2.75, 3.05) is 39.8 Å². The highest BCUT2D eigenvalue weighted by atomic mass is 127. The van der Waals surface area contributed by atoms with Gasteiger partial charge in [0.15, 0.2) is 5.96 Å². The maximum Gasteiger partial charge on any atom is 0.251 e. The van der Waals surface area contributed by atoms with Crippen LogP contribution in [0.5, 0.6) is 0 Å². The van der Waals surface area contributed by atoms with Crippen molar-refractivity contribution in [1.82, 2.24) is 20.9 Å². The Labute approximate surface area is 207 Å². The zero-order valence-electron chi connectivity index (χ0n) is 19.0. The Morgan fingerprint density at radius 1 is 1.16 bits per heavy atom. The summed E-state index contributed by atoms with van der Waals surface area (Å²) < 4.78 is 0. The molecule has 1 atom stereocenters. The fraction of sp³-hybridized carbons (Fsp3) is 0.478. The number of carbonyl (C=O) groups is 1. The van der Waals surface area contributed by atoms with Crippen molar-refractivity contribution in [3.05, 3.63) is 57.8 Å². The van der Waals surface area contributed by atoms with E-state index in [0.29, 0.717) is 12.1 Å². The zero-order valence-corrected chi connectivity index (χ0v) is 22.1. The molecule has 31 heavy (non-hydrogen) atoms. The Bertz CT molecular complexity index is 793. The number of nitrogens with one attached hydrogen (secondary N) is 3. The quantitative estimate of drug-likeness (QED) is 0.223. The Morgan fingerprint density at radius 3 is 2.55 bits per heavy atom. The number of rotatable bonds is 11. The van der Waals surface area contributed by atoms with Gasteiger partial charge in [0.1, 0.15) is 0 Å².